The van der Waals surface area contributed by atoms with E-state index >= 15 is 0 Å². The minimum atomic E-state index is -0.620. The summed E-state index contributed by atoms with van der Waals surface area (Å²) in [6.45, 7) is 4.02. The van der Waals surface area contributed by atoms with Gasteiger partial charge < -0.3 is 9.57 Å². The monoisotopic (exact) mass is 416 g/mol. The van der Waals surface area contributed by atoms with E-state index in [2.05, 4.69) is 22.3 Å². The Labute approximate surface area is 178 Å². The third kappa shape index (κ3) is 6.38. The highest BCUT2D eigenvalue weighted by molar-refractivity contribution is 6.43. The molecule has 164 valence electrons. The Morgan fingerprint density at radius 1 is 1.13 bits per heavy atom. The molecular formula is C22H32N4O4. The Kier molecular flexibility index (Phi) is 9.47. The molecule has 1 amide bonds. The SMILES string of the molecule is CCCCCC(=N\OC)/C(=N/N=C(\C)c1ccccc1N(OC)C(=O)OC)C1CC1. The fourth-order valence-corrected chi connectivity index (χ4v) is 3.10. The summed E-state index contributed by atoms with van der Waals surface area (Å²) >= 11 is 0. The minimum Gasteiger partial charge on any atom is -0.451 e. The van der Waals surface area contributed by atoms with E-state index in [4.69, 9.17) is 14.4 Å². The number of hydrogen-bond donors (Lipinski definition) is 0. The molecule has 2 rings (SSSR count). The van der Waals surface area contributed by atoms with Crippen LogP contribution in [0.5, 0.6) is 0 Å². The number of ether oxygens (including phenoxy) is 1. The third-order valence-electron chi connectivity index (χ3n) is 4.82. The molecule has 0 N–H and O–H groups in total. The average Bonchev–Trinajstić information content (AvgIpc) is 3.59. The third-order valence-corrected chi connectivity index (χ3v) is 4.82. The normalized spacial score (nSPS) is 15.2. The first-order valence-corrected chi connectivity index (χ1v) is 10.3. The van der Waals surface area contributed by atoms with Crippen molar-refractivity contribution in [1.29, 1.82) is 0 Å². The number of hydrogen-bond acceptors (Lipinski definition) is 7. The molecule has 1 aromatic carbocycles. The van der Waals surface area contributed by atoms with Gasteiger partial charge in [-0.3, -0.25) is 4.84 Å². The molecule has 0 unspecified atom stereocenters. The number of unbranched alkanes of at least 4 members (excludes halogenated alkanes) is 2. The Bertz CT molecular complexity index is 800. The Hall–Kier alpha value is -2.74. The van der Waals surface area contributed by atoms with Crippen LogP contribution in [0.4, 0.5) is 10.5 Å². The number of hydroxylamine groups is 1. The number of rotatable bonds is 11. The molecule has 8 heteroatoms. The molecule has 0 aromatic heterocycles. The van der Waals surface area contributed by atoms with Gasteiger partial charge in [-0.2, -0.15) is 15.3 Å². The highest BCUT2D eigenvalue weighted by atomic mass is 16.7. The van der Waals surface area contributed by atoms with Crippen LogP contribution < -0.4 is 5.06 Å². The summed E-state index contributed by atoms with van der Waals surface area (Å²) in [6.07, 6.45) is 5.68. The maximum atomic E-state index is 12.1. The lowest BCUT2D eigenvalue weighted by Crippen LogP contribution is -2.30. The molecule has 0 heterocycles. The predicted molar refractivity (Wildman–Crippen MR) is 119 cm³/mol. The van der Waals surface area contributed by atoms with Crippen molar-refractivity contribution in [3.63, 3.8) is 0 Å². The fraction of sp³-hybridized carbons (Fsp3) is 0.545. The number of methoxy groups -OCH3 is 1. The number of carbonyl (C=O) groups excluding carboxylic acids is 1. The molecule has 1 fully saturated rings. The molecule has 1 aliphatic rings. The van der Waals surface area contributed by atoms with Gasteiger partial charge in [-0.15, -0.1) is 0 Å². The quantitative estimate of drug-likeness (QED) is 0.289. The molecule has 0 bridgehead atoms. The van der Waals surface area contributed by atoms with Crippen LogP contribution >= 0.6 is 0 Å². The van der Waals surface area contributed by atoms with Crippen LogP contribution in [0.1, 0.15) is 57.9 Å². The van der Waals surface area contributed by atoms with Gasteiger partial charge in [0, 0.05) is 11.5 Å². The molecule has 8 nitrogen and oxygen atoms in total. The van der Waals surface area contributed by atoms with Crippen LogP contribution in [0.3, 0.4) is 0 Å². The van der Waals surface area contributed by atoms with E-state index in [1.165, 1.54) is 14.2 Å². The molecule has 0 atom stereocenters. The largest absolute Gasteiger partial charge is 0.451 e. The summed E-state index contributed by atoms with van der Waals surface area (Å²) in [5.74, 6) is 0.373. The van der Waals surface area contributed by atoms with E-state index in [9.17, 15) is 4.79 Å². The van der Waals surface area contributed by atoms with E-state index in [0.29, 0.717) is 17.3 Å². The Morgan fingerprint density at radius 2 is 1.87 bits per heavy atom. The number of nitrogens with zero attached hydrogens (tertiary/aromatic N) is 4. The van der Waals surface area contributed by atoms with Crippen LogP contribution in [0.15, 0.2) is 39.6 Å². The van der Waals surface area contributed by atoms with Gasteiger partial charge in [-0.05, 0) is 38.7 Å². The Morgan fingerprint density at radius 3 is 2.47 bits per heavy atom. The van der Waals surface area contributed by atoms with E-state index in [0.717, 1.165) is 60.6 Å². The first-order chi connectivity index (χ1) is 14.6. The minimum absolute atomic E-state index is 0.373. The van der Waals surface area contributed by atoms with Gasteiger partial charge in [0.05, 0.1) is 31.3 Å². The maximum Gasteiger partial charge on any atom is 0.438 e. The van der Waals surface area contributed by atoms with Crippen LogP contribution in [0.25, 0.3) is 0 Å². The molecule has 1 saturated carbocycles. The van der Waals surface area contributed by atoms with Crippen molar-refractivity contribution in [1.82, 2.24) is 0 Å². The number of carbonyl (C=O) groups is 1. The van der Waals surface area contributed by atoms with Crippen LogP contribution in [-0.4, -0.2) is 44.6 Å². The number of benzene rings is 1. The lowest BCUT2D eigenvalue weighted by molar-refractivity contribution is 0.115. The van der Waals surface area contributed by atoms with Gasteiger partial charge in [-0.25, -0.2) is 4.79 Å². The van der Waals surface area contributed by atoms with Gasteiger partial charge in [0.25, 0.3) is 0 Å². The summed E-state index contributed by atoms with van der Waals surface area (Å²) in [7, 11) is 4.27. The first kappa shape index (κ1) is 23.5. The second kappa shape index (κ2) is 12.1. The van der Waals surface area contributed by atoms with Crippen molar-refractivity contribution in [2.24, 2.45) is 21.3 Å². The van der Waals surface area contributed by atoms with E-state index < -0.39 is 6.09 Å². The molecule has 0 radical (unpaired) electrons. The van der Waals surface area contributed by atoms with Gasteiger partial charge in [-0.1, -0.05) is 43.1 Å². The van der Waals surface area contributed by atoms with Crippen LogP contribution in [-0.2, 0) is 14.4 Å². The molecule has 0 saturated heterocycles. The zero-order valence-corrected chi connectivity index (χ0v) is 18.6. The summed E-state index contributed by atoms with van der Waals surface area (Å²) in [4.78, 5) is 22.3. The second-order valence-electron chi connectivity index (χ2n) is 7.09. The summed E-state index contributed by atoms with van der Waals surface area (Å²) in [6, 6.07) is 7.32. The number of amides is 1. The van der Waals surface area contributed by atoms with Crippen LogP contribution in [0.2, 0.25) is 0 Å². The highest BCUT2D eigenvalue weighted by Gasteiger charge is 2.31. The smallest absolute Gasteiger partial charge is 0.438 e. The predicted octanol–water partition coefficient (Wildman–Crippen LogP) is 4.98. The van der Waals surface area contributed by atoms with Crippen LogP contribution in [0, 0.1) is 5.92 Å². The zero-order valence-electron chi connectivity index (χ0n) is 18.6. The number of anilines is 1. The number of para-hydroxylation sites is 1. The van der Waals surface area contributed by atoms with E-state index in [1.54, 1.807) is 13.2 Å². The second-order valence-corrected chi connectivity index (χ2v) is 7.09. The van der Waals surface area contributed by atoms with Crippen molar-refractivity contribution < 1.29 is 19.2 Å². The average molecular weight is 417 g/mol. The van der Waals surface area contributed by atoms with Crippen molar-refractivity contribution in [2.45, 2.75) is 52.4 Å². The summed E-state index contributed by atoms with van der Waals surface area (Å²) in [5.41, 5.74) is 3.66. The van der Waals surface area contributed by atoms with E-state index in [-0.39, 0.29) is 0 Å². The molecule has 30 heavy (non-hydrogen) atoms. The van der Waals surface area contributed by atoms with Crippen molar-refractivity contribution >= 4 is 28.9 Å². The van der Waals surface area contributed by atoms with Crippen molar-refractivity contribution in [3.05, 3.63) is 29.8 Å². The standard InChI is InChI=1S/C22H32N4O4/c1-6-7-8-12-19(25-29-4)21(17-14-15-17)24-23-16(2)18-11-9-10-13-20(18)26(30-5)22(27)28-3/h9-11,13,17H,6-8,12,14-15H2,1-5H3/b23-16+,24-21+,25-19+. The topological polar surface area (TPSA) is 85.1 Å². The molecule has 0 spiro atoms. The molecule has 1 aliphatic carbocycles. The van der Waals surface area contributed by atoms with Crippen molar-refractivity contribution in [3.8, 4) is 0 Å². The van der Waals surface area contributed by atoms with Crippen molar-refractivity contribution in [2.75, 3.05) is 26.4 Å². The lowest BCUT2D eigenvalue weighted by atomic mass is 10.0. The summed E-state index contributed by atoms with van der Waals surface area (Å²) in [5, 5.41) is 14.4. The van der Waals surface area contributed by atoms with Gasteiger partial charge in [0.1, 0.15) is 12.8 Å². The van der Waals surface area contributed by atoms with Gasteiger partial charge in [0.15, 0.2) is 0 Å². The van der Waals surface area contributed by atoms with E-state index in [1.807, 2.05) is 25.1 Å². The maximum absolute atomic E-state index is 12.1. The molecular weight excluding hydrogens is 384 g/mol. The van der Waals surface area contributed by atoms with Gasteiger partial charge >= 0.3 is 6.09 Å². The summed E-state index contributed by atoms with van der Waals surface area (Å²) < 4.78 is 4.80. The molecule has 0 aliphatic heterocycles. The fourth-order valence-electron chi connectivity index (χ4n) is 3.10. The highest BCUT2D eigenvalue weighted by Crippen LogP contribution is 2.32. The first-order valence-electron chi connectivity index (χ1n) is 10.3. The number of oxime groups is 1. The Balaban J connectivity index is 2.35. The van der Waals surface area contributed by atoms with Gasteiger partial charge in [0.2, 0.25) is 0 Å². The molecule has 1 aromatic rings. The zero-order chi connectivity index (χ0) is 21.9. The lowest BCUT2D eigenvalue weighted by Gasteiger charge is -2.20.